The molecule has 0 aliphatic carbocycles. The summed E-state index contributed by atoms with van der Waals surface area (Å²) in [6.45, 7) is 6.86. The van der Waals surface area contributed by atoms with Gasteiger partial charge in [-0.2, -0.15) is 0 Å². The molecule has 1 aliphatic rings. The second-order valence-electron chi connectivity index (χ2n) is 5.31. The van der Waals surface area contributed by atoms with E-state index in [1.807, 2.05) is 0 Å². The van der Waals surface area contributed by atoms with Gasteiger partial charge in [0.05, 0.1) is 4.90 Å². The minimum absolute atomic E-state index is 0. The van der Waals surface area contributed by atoms with Crippen molar-refractivity contribution in [3.63, 3.8) is 0 Å². The highest BCUT2D eigenvalue weighted by Gasteiger charge is 2.15. The molecule has 1 aliphatic heterocycles. The second-order valence-corrected chi connectivity index (χ2v) is 7.07. The maximum absolute atomic E-state index is 13.3. The lowest BCUT2D eigenvalue weighted by molar-refractivity contribution is 0.239. The first kappa shape index (κ1) is 22.6. The van der Waals surface area contributed by atoms with Crippen LogP contribution in [-0.2, 0) is 10.0 Å². The van der Waals surface area contributed by atoms with Crippen molar-refractivity contribution in [3.8, 4) is 0 Å². The van der Waals surface area contributed by atoms with Crippen LogP contribution in [0.5, 0.6) is 0 Å². The van der Waals surface area contributed by atoms with Crippen molar-refractivity contribution in [2.75, 3.05) is 39.3 Å². The van der Waals surface area contributed by atoms with Gasteiger partial charge in [-0.05, 0) is 43.7 Å². The van der Waals surface area contributed by atoms with Crippen LogP contribution < -0.4 is 10.0 Å². The molecule has 1 fully saturated rings. The van der Waals surface area contributed by atoms with Crippen LogP contribution in [0.1, 0.15) is 12.0 Å². The van der Waals surface area contributed by atoms with E-state index in [2.05, 4.69) is 14.9 Å². The fraction of sp³-hybridized carbons (Fsp3) is 0.571. The predicted molar refractivity (Wildman–Crippen MR) is 94.7 cm³/mol. The predicted octanol–water partition coefficient (Wildman–Crippen LogP) is 1.55. The standard InChI is InChI=1S/C14H22FN3O2S.2ClH/c1-12-9-13(15)11-14(10-12)21(19,20)17-3-2-6-18-7-4-16-5-8-18;;/h9-11,16-17H,2-8H2,1H3;2*1H. The maximum atomic E-state index is 13.3. The van der Waals surface area contributed by atoms with E-state index in [1.165, 1.54) is 12.1 Å². The summed E-state index contributed by atoms with van der Waals surface area (Å²) >= 11 is 0. The molecule has 0 unspecified atom stereocenters. The molecule has 1 aromatic carbocycles. The Balaban J connectivity index is 0.00000242. The van der Waals surface area contributed by atoms with Gasteiger partial charge < -0.3 is 10.2 Å². The highest BCUT2D eigenvalue weighted by Crippen LogP contribution is 2.13. The first-order chi connectivity index (χ1) is 9.97. The summed E-state index contributed by atoms with van der Waals surface area (Å²) < 4.78 is 40.0. The summed E-state index contributed by atoms with van der Waals surface area (Å²) in [7, 11) is -3.63. The Morgan fingerprint density at radius 1 is 1.22 bits per heavy atom. The Hall–Kier alpha value is -0.440. The summed E-state index contributed by atoms with van der Waals surface area (Å²) in [5.41, 5.74) is 0.594. The molecule has 2 rings (SSSR count). The van der Waals surface area contributed by atoms with Gasteiger partial charge in [-0.3, -0.25) is 0 Å². The number of halogens is 3. The van der Waals surface area contributed by atoms with E-state index in [4.69, 9.17) is 0 Å². The van der Waals surface area contributed by atoms with Gasteiger partial charge in [0.25, 0.3) is 0 Å². The zero-order chi connectivity index (χ0) is 15.3. The fourth-order valence-corrected chi connectivity index (χ4v) is 3.57. The van der Waals surface area contributed by atoms with E-state index in [-0.39, 0.29) is 29.7 Å². The maximum Gasteiger partial charge on any atom is 0.240 e. The molecule has 0 saturated carbocycles. The van der Waals surface area contributed by atoms with Crippen LogP contribution in [0.25, 0.3) is 0 Å². The Labute approximate surface area is 149 Å². The van der Waals surface area contributed by atoms with E-state index in [0.29, 0.717) is 12.1 Å². The largest absolute Gasteiger partial charge is 0.314 e. The van der Waals surface area contributed by atoms with Crippen molar-refractivity contribution in [2.24, 2.45) is 0 Å². The van der Waals surface area contributed by atoms with E-state index >= 15 is 0 Å². The van der Waals surface area contributed by atoms with Gasteiger partial charge in [0.1, 0.15) is 5.82 Å². The van der Waals surface area contributed by atoms with E-state index in [9.17, 15) is 12.8 Å². The van der Waals surface area contributed by atoms with Gasteiger partial charge in [0, 0.05) is 32.7 Å². The summed E-state index contributed by atoms with van der Waals surface area (Å²) in [5, 5.41) is 3.27. The molecule has 0 aromatic heterocycles. The zero-order valence-corrected chi connectivity index (χ0v) is 15.5. The van der Waals surface area contributed by atoms with E-state index in [0.717, 1.165) is 45.2 Å². The van der Waals surface area contributed by atoms with Crippen LogP contribution in [0.2, 0.25) is 0 Å². The van der Waals surface area contributed by atoms with Crippen molar-refractivity contribution in [1.29, 1.82) is 0 Å². The lowest BCUT2D eigenvalue weighted by Crippen LogP contribution is -2.44. The number of nitrogens with zero attached hydrogens (tertiary/aromatic N) is 1. The molecule has 0 radical (unpaired) electrons. The molecule has 134 valence electrons. The van der Waals surface area contributed by atoms with Crippen LogP contribution in [-0.4, -0.2) is 52.6 Å². The summed E-state index contributed by atoms with van der Waals surface area (Å²) in [6, 6.07) is 3.83. The number of aryl methyl sites for hydroxylation is 1. The van der Waals surface area contributed by atoms with Gasteiger partial charge >= 0.3 is 0 Å². The Morgan fingerprint density at radius 2 is 1.87 bits per heavy atom. The van der Waals surface area contributed by atoms with Crippen LogP contribution in [0.15, 0.2) is 23.1 Å². The first-order valence-electron chi connectivity index (χ1n) is 7.17. The normalized spacial score (nSPS) is 15.6. The first-order valence-corrected chi connectivity index (χ1v) is 8.66. The number of hydrogen-bond acceptors (Lipinski definition) is 4. The SMILES string of the molecule is Cc1cc(F)cc(S(=O)(=O)NCCCN2CCNCC2)c1.Cl.Cl. The lowest BCUT2D eigenvalue weighted by atomic mass is 10.2. The minimum atomic E-state index is -3.63. The minimum Gasteiger partial charge on any atom is -0.314 e. The third-order valence-electron chi connectivity index (χ3n) is 3.48. The molecular weight excluding hydrogens is 364 g/mol. The van der Waals surface area contributed by atoms with E-state index in [1.54, 1.807) is 6.92 Å². The molecule has 0 spiro atoms. The molecule has 1 heterocycles. The fourth-order valence-electron chi connectivity index (χ4n) is 2.39. The van der Waals surface area contributed by atoms with Crippen molar-refractivity contribution in [2.45, 2.75) is 18.2 Å². The van der Waals surface area contributed by atoms with Gasteiger partial charge in [-0.15, -0.1) is 24.8 Å². The van der Waals surface area contributed by atoms with E-state index < -0.39 is 15.8 Å². The highest BCUT2D eigenvalue weighted by molar-refractivity contribution is 7.89. The molecule has 2 N–H and O–H groups in total. The highest BCUT2D eigenvalue weighted by atomic mass is 35.5. The average Bonchev–Trinajstić information content (AvgIpc) is 2.44. The lowest BCUT2D eigenvalue weighted by Gasteiger charge is -2.27. The van der Waals surface area contributed by atoms with Crippen molar-refractivity contribution < 1.29 is 12.8 Å². The molecule has 0 atom stereocenters. The molecule has 1 saturated heterocycles. The van der Waals surface area contributed by atoms with Crippen LogP contribution in [0.3, 0.4) is 0 Å². The summed E-state index contributed by atoms with van der Waals surface area (Å²) in [4.78, 5) is 2.29. The average molecular weight is 388 g/mol. The molecule has 0 amide bonds. The Bertz CT molecular complexity index is 561. The van der Waals surface area contributed by atoms with Crippen molar-refractivity contribution in [3.05, 3.63) is 29.6 Å². The van der Waals surface area contributed by atoms with Gasteiger partial charge in [-0.1, -0.05) is 0 Å². The van der Waals surface area contributed by atoms with Crippen molar-refractivity contribution >= 4 is 34.8 Å². The van der Waals surface area contributed by atoms with Crippen molar-refractivity contribution in [1.82, 2.24) is 14.9 Å². The molecule has 23 heavy (non-hydrogen) atoms. The van der Waals surface area contributed by atoms with Crippen LogP contribution in [0, 0.1) is 12.7 Å². The molecular formula is C14H24Cl2FN3O2S. The number of piperazine rings is 1. The number of sulfonamides is 1. The smallest absolute Gasteiger partial charge is 0.240 e. The monoisotopic (exact) mass is 387 g/mol. The molecule has 5 nitrogen and oxygen atoms in total. The zero-order valence-electron chi connectivity index (χ0n) is 13.0. The number of benzene rings is 1. The Kier molecular flexibility index (Phi) is 10.2. The van der Waals surface area contributed by atoms with Gasteiger partial charge in [0.2, 0.25) is 10.0 Å². The van der Waals surface area contributed by atoms with Gasteiger partial charge in [0.15, 0.2) is 0 Å². The van der Waals surface area contributed by atoms with Gasteiger partial charge in [-0.25, -0.2) is 17.5 Å². The molecule has 9 heteroatoms. The third kappa shape index (κ3) is 7.32. The quantitative estimate of drug-likeness (QED) is 0.726. The van der Waals surface area contributed by atoms with Crippen LogP contribution in [0.4, 0.5) is 4.39 Å². The number of nitrogens with one attached hydrogen (secondary N) is 2. The molecule has 1 aromatic rings. The second kappa shape index (κ2) is 10.4. The molecule has 0 bridgehead atoms. The summed E-state index contributed by atoms with van der Waals surface area (Å²) in [5.74, 6) is -0.531. The third-order valence-corrected chi connectivity index (χ3v) is 4.92. The number of hydrogen-bond donors (Lipinski definition) is 2. The number of rotatable bonds is 6. The summed E-state index contributed by atoms with van der Waals surface area (Å²) in [6.07, 6.45) is 0.744. The Morgan fingerprint density at radius 3 is 2.48 bits per heavy atom. The van der Waals surface area contributed by atoms with Crippen LogP contribution >= 0.6 is 24.8 Å². The topological polar surface area (TPSA) is 61.4 Å².